The molecule has 2 unspecified atom stereocenters. The van der Waals surface area contributed by atoms with Crippen LogP contribution in [0, 0.1) is 17.5 Å². The third-order valence-corrected chi connectivity index (χ3v) is 8.24. The number of ether oxygens (including phenoxy) is 2. The van der Waals surface area contributed by atoms with Crippen molar-refractivity contribution in [1.82, 2.24) is 0 Å². The van der Waals surface area contributed by atoms with Gasteiger partial charge in [-0.2, -0.15) is 0 Å². The van der Waals surface area contributed by atoms with Gasteiger partial charge in [0.2, 0.25) is 0 Å². The SMILES string of the molecule is CC=CCOC1CCC(c2ccc(-c3ccc(-c4ccc(CCCCCCCCCC)c(F)c4F)cc3)cc2F)OC1. The maximum atomic E-state index is 15.1. The van der Waals surface area contributed by atoms with Crippen molar-refractivity contribution in [2.24, 2.45) is 0 Å². The highest BCUT2D eigenvalue weighted by atomic mass is 19.2. The fourth-order valence-electron chi connectivity index (χ4n) is 5.66. The van der Waals surface area contributed by atoms with Crippen LogP contribution in [-0.4, -0.2) is 19.3 Å². The van der Waals surface area contributed by atoms with Gasteiger partial charge < -0.3 is 9.47 Å². The van der Waals surface area contributed by atoms with E-state index in [1.807, 2.05) is 37.3 Å². The van der Waals surface area contributed by atoms with Crippen molar-refractivity contribution in [2.45, 2.75) is 96.7 Å². The molecule has 0 N–H and O–H groups in total. The molecule has 4 rings (SSSR count). The molecule has 0 saturated carbocycles. The highest BCUT2D eigenvalue weighted by Gasteiger charge is 2.25. The van der Waals surface area contributed by atoms with Gasteiger partial charge in [-0.15, -0.1) is 0 Å². The first-order chi connectivity index (χ1) is 20.5. The molecule has 0 aromatic heterocycles. The summed E-state index contributed by atoms with van der Waals surface area (Å²) in [4.78, 5) is 0. The maximum Gasteiger partial charge on any atom is 0.166 e. The third-order valence-electron chi connectivity index (χ3n) is 8.24. The molecule has 3 aromatic carbocycles. The van der Waals surface area contributed by atoms with Gasteiger partial charge in [0, 0.05) is 11.1 Å². The largest absolute Gasteiger partial charge is 0.372 e. The summed E-state index contributed by atoms with van der Waals surface area (Å²) in [5, 5.41) is 0. The van der Waals surface area contributed by atoms with Crippen molar-refractivity contribution in [3.8, 4) is 22.3 Å². The molecule has 2 nitrogen and oxygen atoms in total. The van der Waals surface area contributed by atoms with Gasteiger partial charge in [0.25, 0.3) is 0 Å². The Balaban J connectivity index is 1.33. The Labute approximate surface area is 250 Å². The van der Waals surface area contributed by atoms with E-state index < -0.39 is 11.6 Å². The van der Waals surface area contributed by atoms with E-state index in [0.717, 1.165) is 36.8 Å². The number of halogens is 3. The third kappa shape index (κ3) is 8.81. The number of rotatable bonds is 15. The normalized spacial score (nSPS) is 17.3. The summed E-state index contributed by atoms with van der Waals surface area (Å²) in [6, 6.07) is 15.7. The minimum absolute atomic E-state index is 0.0303. The lowest BCUT2D eigenvalue weighted by molar-refractivity contribution is -0.0816. The van der Waals surface area contributed by atoms with Gasteiger partial charge in [-0.05, 0) is 60.9 Å². The van der Waals surface area contributed by atoms with E-state index in [9.17, 15) is 4.39 Å². The van der Waals surface area contributed by atoms with Crippen LogP contribution in [0.5, 0.6) is 0 Å². The summed E-state index contributed by atoms with van der Waals surface area (Å²) in [6.45, 7) is 5.17. The fraction of sp³-hybridized carbons (Fsp3) is 0.459. The smallest absolute Gasteiger partial charge is 0.166 e. The van der Waals surface area contributed by atoms with Gasteiger partial charge in [-0.1, -0.05) is 113 Å². The topological polar surface area (TPSA) is 18.5 Å². The van der Waals surface area contributed by atoms with Gasteiger partial charge in [0.1, 0.15) is 5.82 Å². The summed E-state index contributed by atoms with van der Waals surface area (Å²) < 4.78 is 56.8. The molecule has 5 heteroatoms. The number of aryl methyl sites for hydroxylation is 1. The molecule has 0 bridgehead atoms. The van der Waals surface area contributed by atoms with E-state index >= 15 is 8.78 Å². The van der Waals surface area contributed by atoms with Crippen LogP contribution >= 0.6 is 0 Å². The van der Waals surface area contributed by atoms with E-state index in [2.05, 4.69) is 6.92 Å². The van der Waals surface area contributed by atoms with Crippen LogP contribution in [0.4, 0.5) is 13.2 Å². The van der Waals surface area contributed by atoms with E-state index in [4.69, 9.17) is 9.47 Å². The first-order valence-electron chi connectivity index (χ1n) is 15.7. The van der Waals surface area contributed by atoms with E-state index in [0.29, 0.717) is 42.7 Å². The quantitative estimate of drug-likeness (QED) is 0.132. The lowest BCUT2D eigenvalue weighted by Crippen LogP contribution is -2.28. The summed E-state index contributed by atoms with van der Waals surface area (Å²) in [5.41, 5.74) is 3.34. The predicted molar refractivity (Wildman–Crippen MR) is 166 cm³/mol. The fourth-order valence-corrected chi connectivity index (χ4v) is 5.66. The number of unbranched alkanes of at least 4 members (excludes halogenated alkanes) is 7. The van der Waals surface area contributed by atoms with E-state index in [1.54, 1.807) is 30.3 Å². The lowest BCUT2D eigenvalue weighted by atomic mass is 9.95. The Hall–Kier alpha value is -2.89. The summed E-state index contributed by atoms with van der Waals surface area (Å²) >= 11 is 0. The second-order valence-corrected chi connectivity index (χ2v) is 11.4. The molecule has 2 atom stereocenters. The standard InChI is InChI=1S/C37H45F3O2/c1-3-5-7-8-9-10-11-12-13-29-18-21-32(37(40)36(29)39)28-16-14-27(15-17-28)30-19-22-33(34(38)25-30)35-23-20-31(26-42-35)41-24-6-4-2/h4,6,14-19,21-22,25,31,35H,3,5,7-13,20,23-24,26H2,1-2H3. The summed E-state index contributed by atoms with van der Waals surface area (Å²) in [5.74, 6) is -1.87. The monoisotopic (exact) mass is 578 g/mol. The molecular weight excluding hydrogens is 533 g/mol. The molecule has 3 aromatic rings. The van der Waals surface area contributed by atoms with Crippen molar-refractivity contribution >= 4 is 0 Å². The Bertz CT molecular complexity index is 1280. The first-order valence-corrected chi connectivity index (χ1v) is 15.7. The van der Waals surface area contributed by atoms with Crippen LogP contribution in [0.1, 0.15) is 95.3 Å². The highest BCUT2D eigenvalue weighted by molar-refractivity contribution is 5.71. The van der Waals surface area contributed by atoms with Crippen molar-refractivity contribution in [3.05, 3.63) is 95.3 Å². The summed E-state index contributed by atoms with van der Waals surface area (Å²) in [7, 11) is 0. The van der Waals surface area contributed by atoms with Crippen LogP contribution in [0.15, 0.2) is 66.7 Å². The molecule has 226 valence electrons. The molecule has 1 aliphatic rings. The van der Waals surface area contributed by atoms with Gasteiger partial charge in [0.05, 0.1) is 25.4 Å². The molecule has 1 saturated heterocycles. The van der Waals surface area contributed by atoms with Crippen molar-refractivity contribution in [2.75, 3.05) is 13.2 Å². The van der Waals surface area contributed by atoms with Crippen LogP contribution in [0.3, 0.4) is 0 Å². The number of benzene rings is 3. The number of hydrogen-bond donors (Lipinski definition) is 0. The Morgan fingerprint density at radius 3 is 2.14 bits per heavy atom. The van der Waals surface area contributed by atoms with Crippen molar-refractivity contribution in [3.63, 3.8) is 0 Å². The summed E-state index contributed by atoms with van der Waals surface area (Å²) in [6.07, 6.45) is 15.1. The number of allylic oxidation sites excluding steroid dienone is 1. The van der Waals surface area contributed by atoms with Gasteiger partial charge in [-0.25, -0.2) is 13.2 Å². The molecule has 0 radical (unpaired) electrons. The molecule has 1 aliphatic heterocycles. The zero-order valence-corrected chi connectivity index (χ0v) is 25.1. The Kier molecular flexibility index (Phi) is 12.7. The van der Waals surface area contributed by atoms with E-state index in [1.165, 1.54) is 38.2 Å². The molecule has 1 heterocycles. The maximum absolute atomic E-state index is 15.1. The molecule has 0 spiro atoms. The zero-order valence-electron chi connectivity index (χ0n) is 25.1. The molecular formula is C37H45F3O2. The zero-order chi connectivity index (χ0) is 29.7. The van der Waals surface area contributed by atoms with Crippen molar-refractivity contribution < 1.29 is 22.6 Å². The predicted octanol–water partition coefficient (Wildman–Crippen LogP) is 10.9. The molecule has 0 aliphatic carbocycles. The minimum atomic E-state index is -0.808. The second kappa shape index (κ2) is 16.7. The molecule has 42 heavy (non-hydrogen) atoms. The van der Waals surface area contributed by atoms with Crippen LogP contribution in [0.2, 0.25) is 0 Å². The van der Waals surface area contributed by atoms with Crippen LogP contribution in [0.25, 0.3) is 22.3 Å². The van der Waals surface area contributed by atoms with E-state index in [-0.39, 0.29) is 23.6 Å². The van der Waals surface area contributed by atoms with Crippen LogP contribution in [-0.2, 0) is 15.9 Å². The van der Waals surface area contributed by atoms with Gasteiger partial charge in [-0.3, -0.25) is 0 Å². The lowest BCUT2D eigenvalue weighted by Gasteiger charge is -2.29. The second-order valence-electron chi connectivity index (χ2n) is 11.4. The highest BCUT2D eigenvalue weighted by Crippen LogP contribution is 2.34. The Morgan fingerprint density at radius 2 is 1.48 bits per heavy atom. The Morgan fingerprint density at radius 1 is 0.786 bits per heavy atom. The van der Waals surface area contributed by atoms with Gasteiger partial charge in [0.15, 0.2) is 11.6 Å². The molecule has 1 fully saturated rings. The number of hydrogen-bond acceptors (Lipinski definition) is 2. The minimum Gasteiger partial charge on any atom is -0.372 e. The average molecular weight is 579 g/mol. The average Bonchev–Trinajstić information content (AvgIpc) is 3.01. The van der Waals surface area contributed by atoms with Crippen molar-refractivity contribution in [1.29, 1.82) is 0 Å². The first kappa shape index (κ1) is 32.0. The molecule has 0 amide bonds. The van der Waals surface area contributed by atoms with Gasteiger partial charge >= 0.3 is 0 Å². The van der Waals surface area contributed by atoms with Crippen LogP contribution < -0.4 is 0 Å².